The van der Waals surface area contributed by atoms with Crippen molar-refractivity contribution in [2.24, 2.45) is 11.8 Å². The molecule has 4 nitrogen and oxygen atoms in total. The Morgan fingerprint density at radius 3 is 1.32 bits per heavy atom. The summed E-state index contributed by atoms with van der Waals surface area (Å²) >= 11 is 0. The first-order valence-electron chi connectivity index (χ1n) is 17.1. The zero-order valence-corrected chi connectivity index (χ0v) is 27.3. The molecule has 0 aliphatic carbocycles. The van der Waals surface area contributed by atoms with Crippen molar-refractivity contribution >= 4 is 11.8 Å². The molecule has 0 radical (unpaired) electrons. The summed E-state index contributed by atoms with van der Waals surface area (Å²) < 4.78 is 0. The lowest BCUT2D eigenvalue weighted by Gasteiger charge is -2.29. The minimum absolute atomic E-state index is 0.0879. The molecule has 2 atom stereocenters. The SMILES string of the molecule is CCCCCCN(CC(CC)CCCC)C(=O)c1cccc(C(=O)N(CCCCCC)CC(CC)CCCC)c1. The Hall–Kier alpha value is -1.84. The van der Waals surface area contributed by atoms with Crippen LogP contribution < -0.4 is 0 Å². The Morgan fingerprint density at radius 1 is 0.575 bits per heavy atom. The molecule has 4 heteroatoms. The van der Waals surface area contributed by atoms with Gasteiger partial charge < -0.3 is 9.80 Å². The predicted octanol–water partition coefficient (Wildman–Crippen LogP) is 10.2. The number of carbonyl (C=O) groups is 2. The van der Waals surface area contributed by atoms with Crippen LogP contribution in [0.4, 0.5) is 0 Å². The second kappa shape index (κ2) is 22.8. The van der Waals surface area contributed by atoms with Gasteiger partial charge in [-0.2, -0.15) is 0 Å². The lowest BCUT2D eigenvalue weighted by Crippen LogP contribution is -2.37. The van der Waals surface area contributed by atoms with E-state index in [-0.39, 0.29) is 11.8 Å². The third-order valence-corrected chi connectivity index (χ3v) is 8.54. The van der Waals surface area contributed by atoms with E-state index in [1.807, 2.05) is 24.3 Å². The summed E-state index contributed by atoms with van der Waals surface area (Å²) in [5.74, 6) is 1.25. The number of nitrogens with zero attached hydrogens (tertiary/aromatic N) is 2. The van der Waals surface area contributed by atoms with Crippen molar-refractivity contribution in [2.45, 2.75) is 144 Å². The van der Waals surface area contributed by atoms with Crippen LogP contribution in [0.3, 0.4) is 0 Å². The van der Waals surface area contributed by atoms with Gasteiger partial charge in [0, 0.05) is 37.3 Å². The van der Waals surface area contributed by atoms with E-state index in [2.05, 4.69) is 51.3 Å². The Kier molecular flexibility index (Phi) is 20.6. The van der Waals surface area contributed by atoms with E-state index in [4.69, 9.17) is 0 Å². The van der Waals surface area contributed by atoms with Crippen LogP contribution in [0.2, 0.25) is 0 Å². The molecule has 2 amide bonds. The van der Waals surface area contributed by atoms with Gasteiger partial charge in [-0.1, -0.05) is 125 Å². The molecule has 0 heterocycles. The number of amides is 2. The number of carbonyl (C=O) groups excluding carboxylic acids is 2. The first kappa shape index (κ1) is 36.2. The van der Waals surface area contributed by atoms with Crippen molar-refractivity contribution in [3.8, 4) is 0 Å². The second-order valence-electron chi connectivity index (χ2n) is 12.0. The van der Waals surface area contributed by atoms with Gasteiger partial charge in [-0.15, -0.1) is 0 Å². The van der Waals surface area contributed by atoms with Crippen LogP contribution >= 0.6 is 0 Å². The molecule has 0 N–H and O–H groups in total. The van der Waals surface area contributed by atoms with Crippen LogP contribution in [0.15, 0.2) is 24.3 Å². The Morgan fingerprint density at radius 2 is 0.975 bits per heavy atom. The second-order valence-corrected chi connectivity index (χ2v) is 12.0. The minimum atomic E-state index is 0.0879. The molecule has 0 saturated heterocycles. The third kappa shape index (κ3) is 14.2. The number of unbranched alkanes of at least 4 members (excludes halogenated alkanes) is 8. The van der Waals surface area contributed by atoms with E-state index < -0.39 is 0 Å². The minimum Gasteiger partial charge on any atom is -0.338 e. The summed E-state index contributed by atoms with van der Waals surface area (Å²) in [6.07, 6.45) is 18.6. The number of hydrogen-bond donors (Lipinski definition) is 0. The lowest BCUT2D eigenvalue weighted by molar-refractivity contribution is 0.0717. The molecular weight excluding hydrogens is 492 g/mol. The summed E-state index contributed by atoms with van der Waals surface area (Å²) in [6, 6.07) is 7.61. The highest BCUT2D eigenvalue weighted by molar-refractivity contribution is 5.99. The van der Waals surface area contributed by atoms with E-state index in [0.29, 0.717) is 23.0 Å². The molecule has 0 bridgehead atoms. The highest BCUT2D eigenvalue weighted by Crippen LogP contribution is 2.20. The Bertz CT molecular complexity index is 732. The van der Waals surface area contributed by atoms with E-state index in [1.54, 1.807) is 0 Å². The van der Waals surface area contributed by atoms with Crippen molar-refractivity contribution in [3.05, 3.63) is 35.4 Å². The van der Waals surface area contributed by atoms with Gasteiger partial charge >= 0.3 is 0 Å². The lowest BCUT2D eigenvalue weighted by atomic mass is 9.97. The van der Waals surface area contributed by atoms with Gasteiger partial charge in [0.05, 0.1) is 0 Å². The van der Waals surface area contributed by atoms with Crippen LogP contribution in [0, 0.1) is 11.8 Å². The predicted molar refractivity (Wildman–Crippen MR) is 173 cm³/mol. The maximum absolute atomic E-state index is 13.9. The Labute approximate surface area is 248 Å². The molecule has 0 aromatic heterocycles. The summed E-state index contributed by atoms with van der Waals surface area (Å²) in [5.41, 5.74) is 1.33. The van der Waals surface area contributed by atoms with Crippen molar-refractivity contribution in [2.75, 3.05) is 26.2 Å². The van der Waals surface area contributed by atoms with Crippen molar-refractivity contribution in [1.29, 1.82) is 0 Å². The fourth-order valence-corrected chi connectivity index (χ4v) is 5.62. The summed E-state index contributed by atoms with van der Waals surface area (Å²) in [6.45, 7) is 16.7. The monoisotopic (exact) mass is 556 g/mol. The maximum atomic E-state index is 13.9. The molecule has 0 aliphatic rings. The standard InChI is InChI=1S/C36H64N2O2/c1-7-13-17-19-26-37(29-31(11-5)22-15-9-3)35(39)33-24-21-25-34(28-33)36(40)38(27-20-18-14-8-2)30-32(12-6)23-16-10-4/h21,24-25,28,31-32H,7-20,22-23,26-27,29-30H2,1-6H3. The average Bonchev–Trinajstić information content (AvgIpc) is 2.98. The molecule has 0 fully saturated rings. The van der Waals surface area contributed by atoms with Gasteiger partial charge in [-0.05, 0) is 55.7 Å². The van der Waals surface area contributed by atoms with Crippen LogP contribution in [0.1, 0.15) is 165 Å². The van der Waals surface area contributed by atoms with E-state index in [0.717, 1.165) is 64.7 Å². The average molecular weight is 557 g/mol. The smallest absolute Gasteiger partial charge is 0.253 e. The molecule has 230 valence electrons. The summed E-state index contributed by atoms with van der Waals surface area (Å²) in [7, 11) is 0. The number of hydrogen-bond acceptors (Lipinski definition) is 2. The normalized spacial score (nSPS) is 12.8. The fraction of sp³-hybridized carbons (Fsp3) is 0.778. The van der Waals surface area contributed by atoms with Gasteiger partial charge in [0.1, 0.15) is 0 Å². The molecule has 0 aliphatic heterocycles. The number of benzene rings is 1. The largest absolute Gasteiger partial charge is 0.338 e. The summed E-state index contributed by atoms with van der Waals surface area (Å²) in [5, 5.41) is 0. The van der Waals surface area contributed by atoms with Gasteiger partial charge in [-0.25, -0.2) is 0 Å². The van der Waals surface area contributed by atoms with Gasteiger partial charge in [0.25, 0.3) is 11.8 Å². The molecule has 2 unspecified atom stereocenters. The first-order valence-corrected chi connectivity index (χ1v) is 17.1. The van der Waals surface area contributed by atoms with E-state index >= 15 is 0 Å². The van der Waals surface area contributed by atoms with Crippen molar-refractivity contribution in [1.82, 2.24) is 9.80 Å². The topological polar surface area (TPSA) is 40.6 Å². The quantitative estimate of drug-likeness (QED) is 0.119. The molecule has 1 aromatic rings. The van der Waals surface area contributed by atoms with Crippen LogP contribution in [-0.4, -0.2) is 47.8 Å². The molecule has 1 aromatic carbocycles. The van der Waals surface area contributed by atoms with Crippen LogP contribution in [0.25, 0.3) is 0 Å². The zero-order chi connectivity index (χ0) is 29.6. The molecule has 0 saturated carbocycles. The fourth-order valence-electron chi connectivity index (χ4n) is 5.62. The van der Waals surface area contributed by atoms with Crippen LogP contribution in [0.5, 0.6) is 0 Å². The molecule has 1 rings (SSSR count). The molecular formula is C36H64N2O2. The Balaban J connectivity index is 3.14. The van der Waals surface area contributed by atoms with E-state index in [9.17, 15) is 9.59 Å². The van der Waals surface area contributed by atoms with Crippen molar-refractivity contribution < 1.29 is 9.59 Å². The maximum Gasteiger partial charge on any atom is 0.253 e. The zero-order valence-electron chi connectivity index (χ0n) is 27.3. The number of rotatable bonds is 24. The highest BCUT2D eigenvalue weighted by Gasteiger charge is 2.23. The third-order valence-electron chi connectivity index (χ3n) is 8.54. The van der Waals surface area contributed by atoms with Gasteiger partial charge in [0.15, 0.2) is 0 Å². The van der Waals surface area contributed by atoms with Gasteiger partial charge in [-0.3, -0.25) is 9.59 Å². The van der Waals surface area contributed by atoms with Gasteiger partial charge in [0.2, 0.25) is 0 Å². The molecule has 0 spiro atoms. The highest BCUT2D eigenvalue weighted by atomic mass is 16.2. The summed E-state index contributed by atoms with van der Waals surface area (Å²) in [4.78, 5) is 31.9. The van der Waals surface area contributed by atoms with Crippen LogP contribution in [-0.2, 0) is 0 Å². The van der Waals surface area contributed by atoms with Crippen molar-refractivity contribution in [3.63, 3.8) is 0 Å². The van der Waals surface area contributed by atoms with E-state index in [1.165, 1.54) is 64.2 Å². The first-order chi connectivity index (χ1) is 19.4. The molecule has 40 heavy (non-hydrogen) atoms.